The molecule has 0 atom stereocenters. The van der Waals surface area contributed by atoms with E-state index in [1.165, 1.54) is 0 Å². The highest BCUT2D eigenvalue weighted by Crippen LogP contribution is 2.20. The van der Waals surface area contributed by atoms with Gasteiger partial charge in [-0.25, -0.2) is 0 Å². The zero-order valence-electron chi connectivity index (χ0n) is 17.7. The third kappa shape index (κ3) is 6.47. The molecule has 8 heteroatoms. The van der Waals surface area contributed by atoms with Crippen molar-refractivity contribution >= 4 is 17.6 Å². The maximum atomic E-state index is 12.3. The van der Waals surface area contributed by atoms with Crippen LogP contribution in [0.3, 0.4) is 0 Å². The van der Waals surface area contributed by atoms with Gasteiger partial charge in [0.2, 0.25) is 0 Å². The van der Waals surface area contributed by atoms with Crippen molar-refractivity contribution < 1.29 is 14.3 Å². The molecule has 0 saturated carbocycles. The van der Waals surface area contributed by atoms with Crippen molar-refractivity contribution in [2.24, 2.45) is 5.73 Å². The van der Waals surface area contributed by atoms with Gasteiger partial charge >= 0.3 is 0 Å². The Kier molecular flexibility index (Phi) is 7.48. The van der Waals surface area contributed by atoms with Crippen molar-refractivity contribution in [1.82, 2.24) is 10.2 Å². The molecular formula is C23H29N5O3. The lowest BCUT2D eigenvalue weighted by Crippen LogP contribution is -2.40. The van der Waals surface area contributed by atoms with Crippen molar-refractivity contribution in [2.45, 2.75) is 25.9 Å². The third-order valence-corrected chi connectivity index (χ3v) is 5.14. The van der Waals surface area contributed by atoms with Crippen molar-refractivity contribution in [2.75, 3.05) is 26.2 Å². The molecule has 2 aromatic rings. The van der Waals surface area contributed by atoms with Gasteiger partial charge in [-0.15, -0.1) is 0 Å². The molecule has 1 heterocycles. The van der Waals surface area contributed by atoms with E-state index in [0.29, 0.717) is 35.9 Å². The van der Waals surface area contributed by atoms with Crippen LogP contribution in [-0.4, -0.2) is 54.8 Å². The van der Waals surface area contributed by atoms with E-state index in [0.717, 1.165) is 31.7 Å². The number of nitrogens with zero attached hydrogens (tertiary/aromatic N) is 1. The fourth-order valence-electron chi connectivity index (χ4n) is 3.38. The summed E-state index contributed by atoms with van der Waals surface area (Å²) in [6.07, 6.45) is 1.90. The molecule has 1 aliphatic heterocycles. The first-order valence-electron chi connectivity index (χ1n) is 10.3. The predicted octanol–water partition coefficient (Wildman–Crippen LogP) is 2.62. The SMILES string of the molecule is CC(=N)N1CCC(Oc2ccc(C(=O)NCCOc3cccc(C(=N)N)c3)cc2)CC1. The van der Waals surface area contributed by atoms with E-state index < -0.39 is 0 Å². The van der Waals surface area contributed by atoms with Crippen LogP contribution in [-0.2, 0) is 0 Å². The minimum atomic E-state index is -0.178. The Hall–Kier alpha value is -3.55. The molecular weight excluding hydrogens is 394 g/mol. The lowest BCUT2D eigenvalue weighted by atomic mass is 10.1. The second-order valence-electron chi connectivity index (χ2n) is 7.46. The summed E-state index contributed by atoms with van der Waals surface area (Å²) in [6.45, 7) is 4.14. The molecule has 0 bridgehead atoms. The van der Waals surface area contributed by atoms with Crippen LogP contribution < -0.4 is 20.5 Å². The van der Waals surface area contributed by atoms with Gasteiger partial charge in [0.1, 0.15) is 30.0 Å². The molecule has 1 fully saturated rings. The number of hydrogen-bond donors (Lipinski definition) is 4. The summed E-state index contributed by atoms with van der Waals surface area (Å²) in [7, 11) is 0. The van der Waals surface area contributed by atoms with E-state index in [-0.39, 0.29) is 17.8 Å². The van der Waals surface area contributed by atoms with Gasteiger partial charge in [-0.2, -0.15) is 0 Å². The Bertz CT molecular complexity index is 921. The standard InChI is InChI=1S/C23H29N5O3/c1-16(24)28-12-9-20(10-13-28)31-19-7-5-17(6-8-19)23(29)27-11-14-30-21-4-2-3-18(15-21)22(25)26/h2-8,15,20,24H,9-14H2,1H3,(H3,25,26)(H,27,29). The fourth-order valence-corrected chi connectivity index (χ4v) is 3.38. The lowest BCUT2D eigenvalue weighted by molar-refractivity contribution is 0.0947. The molecule has 1 aliphatic rings. The number of hydrogen-bond acceptors (Lipinski definition) is 5. The summed E-state index contributed by atoms with van der Waals surface area (Å²) in [4.78, 5) is 14.4. The van der Waals surface area contributed by atoms with E-state index in [1.807, 2.05) is 19.1 Å². The summed E-state index contributed by atoms with van der Waals surface area (Å²) in [5, 5.41) is 18.0. The van der Waals surface area contributed by atoms with Gasteiger partial charge in [-0.05, 0) is 43.3 Å². The molecule has 0 unspecified atom stereocenters. The van der Waals surface area contributed by atoms with Gasteiger partial charge in [-0.3, -0.25) is 15.6 Å². The van der Waals surface area contributed by atoms with E-state index in [1.54, 1.807) is 36.4 Å². The molecule has 2 aromatic carbocycles. The highest BCUT2D eigenvalue weighted by Gasteiger charge is 2.20. The Labute approximate surface area is 182 Å². The van der Waals surface area contributed by atoms with Crippen molar-refractivity contribution in [3.63, 3.8) is 0 Å². The average Bonchev–Trinajstić information content (AvgIpc) is 2.77. The van der Waals surface area contributed by atoms with Gasteiger partial charge in [0.25, 0.3) is 5.91 Å². The number of nitrogen functional groups attached to an aromatic ring is 1. The Morgan fingerprint density at radius 3 is 2.45 bits per heavy atom. The molecule has 0 spiro atoms. The molecule has 0 aromatic heterocycles. The summed E-state index contributed by atoms with van der Waals surface area (Å²) in [5.41, 5.74) is 6.63. The van der Waals surface area contributed by atoms with Crippen LogP contribution in [0.25, 0.3) is 0 Å². The van der Waals surface area contributed by atoms with E-state index >= 15 is 0 Å². The van der Waals surface area contributed by atoms with E-state index in [2.05, 4.69) is 10.2 Å². The first-order chi connectivity index (χ1) is 14.9. The molecule has 5 N–H and O–H groups in total. The highest BCUT2D eigenvalue weighted by atomic mass is 16.5. The second kappa shape index (κ2) is 10.5. The number of ether oxygens (including phenoxy) is 2. The van der Waals surface area contributed by atoms with Gasteiger partial charge in [0.15, 0.2) is 0 Å². The molecule has 31 heavy (non-hydrogen) atoms. The molecule has 3 rings (SSSR count). The van der Waals surface area contributed by atoms with Crippen molar-refractivity contribution in [3.8, 4) is 11.5 Å². The first-order valence-corrected chi connectivity index (χ1v) is 10.3. The van der Waals surface area contributed by atoms with Crippen LogP contribution in [0.5, 0.6) is 11.5 Å². The normalized spacial score (nSPS) is 14.0. The zero-order valence-corrected chi connectivity index (χ0v) is 17.7. The Morgan fingerprint density at radius 2 is 1.81 bits per heavy atom. The number of amides is 1. The van der Waals surface area contributed by atoms with Gasteiger partial charge in [0, 0.05) is 37.1 Å². The summed E-state index contributed by atoms with van der Waals surface area (Å²) in [6, 6.07) is 14.1. The van der Waals surface area contributed by atoms with Crippen LogP contribution in [0.15, 0.2) is 48.5 Å². The van der Waals surface area contributed by atoms with Crippen LogP contribution in [0, 0.1) is 10.8 Å². The number of piperidine rings is 1. The minimum Gasteiger partial charge on any atom is -0.492 e. The fraction of sp³-hybridized carbons (Fsp3) is 0.348. The first kappa shape index (κ1) is 22.1. The molecule has 1 saturated heterocycles. The summed E-state index contributed by atoms with van der Waals surface area (Å²) >= 11 is 0. The van der Waals surface area contributed by atoms with Crippen molar-refractivity contribution in [3.05, 3.63) is 59.7 Å². The maximum Gasteiger partial charge on any atom is 0.251 e. The number of nitrogens with one attached hydrogen (secondary N) is 3. The molecule has 8 nitrogen and oxygen atoms in total. The highest BCUT2D eigenvalue weighted by molar-refractivity contribution is 5.95. The van der Waals surface area contributed by atoms with E-state index in [4.69, 9.17) is 26.0 Å². The van der Waals surface area contributed by atoms with Crippen LogP contribution in [0.2, 0.25) is 0 Å². The largest absolute Gasteiger partial charge is 0.492 e. The maximum absolute atomic E-state index is 12.3. The number of likely N-dealkylation sites (tertiary alicyclic amines) is 1. The number of amidine groups is 2. The number of rotatable bonds is 8. The van der Waals surface area contributed by atoms with Crippen LogP contribution in [0.1, 0.15) is 35.7 Å². The molecule has 1 amide bonds. The average molecular weight is 424 g/mol. The Morgan fingerprint density at radius 1 is 1.10 bits per heavy atom. The smallest absolute Gasteiger partial charge is 0.251 e. The Balaban J connectivity index is 1.40. The minimum absolute atomic E-state index is 0.0156. The monoisotopic (exact) mass is 423 g/mol. The number of nitrogens with two attached hydrogens (primary N) is 1. The molecule has 0 radical (unpaired) electrons. The number of benzene rings is 2. The van der Waals surface area contributed by atoms with Crippen LogP contribution >= 0.6 is 0 Å². The summed E-state index contributed by atoms with van der Waals surface area (Å²) < 4.78 is 11.6. The summed E-state index contributed by atoms with van der Waals surface area (Å²) in [5.74, 6) is 1.75. The number of carbonyl (C=O) groups is 1. The third-order valence-electron chi connectivity index (χ3n) is 5.14. The van der Waals surface area contributed by atoms with E-state index in [9.17, 15) is 4.79 Å². The molecule has 164 valence electrons. The van der Waals surface area contributed by atoms with Crippen LogP contribution in [0.4, 0.5) is 0 Å². The predicted molar refractivity (Wildman–Crippen MR) is 120 cm³/mol. The molecule has 0 aliphatic carbocycles. The zero-order chi connectivity index (χ0) is 22.2. The second-order valence-corrected chi connectivity index (χ2v) is 7.46. The lowest BCUT2D eigenvalue weighted by Gasteiger charge is -2.32. The van der Waals surface area contributed by atoms with Gasteiger partial charge < -0.3 is 25.4 Å². The van der Waals surface area contributed by atoms with Gasteiger partial charge in [0.05, 0.1) is 12.4 Å². The quantitative estimate of drug-likeness (QED) is 0.295. The topological polar surface area (TPSA) is 125 Å². The van der Waals surface area contributed by atoms with Crippen molar-refractivity contribution in [1.29, 1.82) is 10.8 Å². The van der Waals surface area contributed by atoms with Gasteiger partial charge in [-0.1, -0.05) is 12.1 Å². The number of carbonyl (C=O) groups excluding carboxylic acids is 1.